The molecule has 8 heteroatoms. The van der Waals surface area contributed by atoms with E-state index in [0.29, 0.717) is 0 Å². The van der Waals surface area contributed by atoms with Crippen LogP contribution < -0.4 is 15.4 Å². The molecule has 3 N–H and O–H groups in total. The lowest BCUT2D eigenvalue weighted by atomic mass is 10.2. The number of hydrogen-bond acceptors (Lipinski definition) is 4. The van der Waals surface area contributed by atoms with Gasteiger partial charge in [-0.1, -0.05) is 30.3 Å². The van der Waals surface area contributed by atoms with Gasteiger partial charge in [0.05, 0.1) is 0 Å². The maximum Gasteiger partial charge on any atom is 0.251 e. The van der Waals surface area contributed by atoms with Crippen molar-refractivity contribution in [2.45, 2.75) is 6.61 Å². The fourth-order valence-corrected chi connectivity index (χ4v) is 2.43. The van der Waals surface area contributed by atoms with Gasteiger partial charge in [-0.2, -0.15) is 0 Å². The first-order valence-electron chi connectivity index (χ1n) is 9.24. The summed E-state index contributed by atoms with van der Waals surface area (Å²) in [5.74, 6) is -2.37. The Bertz CT molecular complexity index is 1040. The fourth-order valence-electron chi connectivity index (χ4n) is 2.43. The molecular weight excluding hydrogens is 406 g/mol. The first-order chi connectivity index (χ1) is 14.8. The normalized spacial score (nSPS) is 9.81. The van der Waals surface area contributed by atoms with Crippen LogP contribution in [-0.4, -0.2) is 31.0 Å². The first-order valence-corrected chi connectivity index (χ1v) is 9.24. The van der Waals surface area contributed by atoms with Crippen molar-refractivity contribution in [1.29, 1.82) is 0 Å². The molecule has 0 atom stereocenters. The molecule has 0 spiro atoms. The predicted octanol–water partition coefficient (Wildman–Crippen LogP) is 3.66. The van der Waals surface area contributed by atoms with Gasteiger partial charge in [0.15, 0.2) is 23.1 Å². The van der Waals surface area contributed by atoms with Crippen molar-refractivity contribution in [3.05, 3.63) is 95.1 Å². The summed E-state index contributed by atoms with van der Waals surface area (Å²) in [6.45, 7) is 0.289. The van der Waals surface area contributed by atoms with Gasteiger partial charge in [-0.15, -0.1) is 0 Å². The van der Waals surface area contributed by atoms with Crippen LogP contribution in [0.5, 0.6) is 11.5 Å². The van der Waals surface area contributed by atoms with E-state index in [1.165, 1.54) is 38.4 Å². The Morgan fingerprint density at radius 3 is 1.90 bits per heavy atom. The van der Waals surface area contributed by atoms with E-state index < -0.39 is 17.4 Å². The second-order valence-corrected chi connectivity index (χ2v) is 6.24. The SMILES string of the molecule is CNC(=O)c1ccc(O)c(F)c1.CNC(=O)c1ccc(OCc2ccccc2)c(F)c1. The third-order valence-electron chi connectivity index (χ3n) is 4.10. The van der Waals surface area contributed by atoms with Crippen molar-refractivity contribution >= 4 is 11.8 Å². The standard InChI is InChI=1S/C15H14FNO2.C8H8FNO2/c1-17-15(18)12-7-8-14(13(16)9-12)19-10-11-5-3-2-4-6-11;1-10-8(12)5-2-3-7(11)6(9)4-5/h2-9H,10H2,1H3,(H,17,18);2-4,11H,1H3,(H,10,12). The lowest BCUT2D eigenvalue weighted by Crippen LogP contribution is -2.17. The second kappa shape index (κ2) is 11.3. The second-order valence-electron chi connectivity index (χ2n) is 6.24. The zero-order valence-corrected chi connectivity index (χ0v) is 17.0. The number of nitrogens with one attached hydrogen (secondary N) is 2. The zero-order valence-electron chi connectivity index (χ0n) is 17.0. The van der Waals surface area contributed by atoms with Crippen LogP contribution in [0.25, 0.3) is 0 Å². The van der Waals surface area contributed by atoms with Crippen LogP contribution in [0.1, 0.15) is 26.3 Å². The molecule has 31 heavy (non-hydrogen) atoms. The lowest BCUT2D eigenvalue weighted by Gasteiger charge is -2.08. The molecule has 0 heterocycles. The highest BCUT2D eigenvalue weighted by atomic mass is 19.1. The third kappa shape index (κ3) is 6.81. The van der Waals surface area contributed by atoms with Crippen LogP contribution in [0.3, 0.4) is 0 Å². The van der Waals surface area contributed by atoms with Gasteiger partial charge in [-0.3, -0.25) is 9.59 Å². The maximum atomic E-state index is 13.7. The highest BCUT2D eigenvalue weighted by Gasteiger charge is 2.09. The molecule has 0 bridgehead atoms. The molecule has 0 saturated carbocycles. The van der Waals surface area contributed by atoms with Crippen LogP contribution in [0.4, 0.5) is 8.78 Å². The minimum absolute atomic E-state index is 0.136. The number of phenolic OH excluding ortho intramolecular Hbond substituents is 1. The molecule has 0 radical (unpaired) electrons. The first kappa shape index (κ1) is 23.3. The number of hydrogen-bond donors (Lipinski definition) is 3. The molecule has 2 amide bonds. The quantitative estimate of drug-likeness (QED) is 0.579. The highest BCUT2D eigenvalue weighted by Crippen LogP contribution is 2.20. The summed E-state index contributed by atoms with van der Waals surface area (Å²) < 4.78 is 31.8. The number of rotatable bonds is 5. The van der Waals surface area contributed by atoms with Crippen molar-refractivity contribution in [2.24, 2.45) is 0 Å². The molecule has 3 aromatic rings. The minimum atomic E-state index is -0.795. The van der Waals surface area contributed by atoms with E-state index in [1.807, 2.05) is 30.3 Å². The number of carbonyl (C=O) groups is 2. The summed E-state index contributed by atoms with van der Waals surface area (Å²) in [7, 11) is 2.95. The third-order valence-corrected chi connectivity index (χ3v) is 4.10. The molecule has 0 saturated heterocycles. The molecule has 6 nitrogen and oxygen atoms in total. The van der Waals surface area contributed by atoms with E-state index >= 15 is 0 Å². The number of halogens is 2. The Morgan fingerprint density at radius 1 is 0.839 bits per heavy atom. The average Bonchev–Trinajstić information content (AvgIpc) is 2.80. The summed E-state index contributed by atoms with van der Waals surface area (Å²) in [4.78, 5) is 22.3. The van der Waals surface area contributed by atoms with E-state index in [1.54, 1.807) is 0 Å². The van der Waals surface area contributed by atoms with Crippen molar-refractivity contribution in [2.75, 3.05) is 14.1 Å². The molecule has 0 aliphatic carbocycles. The smallest absolute Gasteiger partial charge is 0.251 e. The Labute approximate surface area is 178 Å². The van der Waals surface area contributed by atoms with Crippen LogP contribution >= 0.6 is 0 Å². The molecule has 0 unspecified atom stereocenters. The zero-order chi connectivity index (χ0) is 22.8. The Balaban J connectivity index is 0.000000245. The van der Waals surface area contributed by atoms with Crippen LogP contribution in [-0.2, 0) is 6.61 Å². The van der Waals surface area contributed by atoms with E-state index in [2.05, 4.69) is 10.6 Å². The van der Waals surface area contributed by atoms with Gasteiger partial charge in [0, 0.05) is 25.2 Å². The van der Waals surface area contributed by atoms with Crippen LogP contribution in [0.2, 0.25) is 0 Å². The molecule has 0 fully saturated rings. The summed E-state index contributed by atoms with van der Waals surface area (Å²) in [6, 6.07) is 17.1. The highest BCUT2D eigenvalue weighted by molar-refractivity contribution is 5.94. The summed E-state index contributed by atoms with van der Waals surface area (Å²) in [6.07, 6.45) is 0. The maximum absolute atomic E-state index is 13.7. The number of amides is 2. The Morgan fingerprint density at radius 2 is 1.39 bits per heavy atom. The number of phenols is 1. The monoisotopic (exact) mass is 428 g/mol. The number of benzene rings is 3. The van der Waals surface area contributed by atoms with Gasteiger partial charge in [0.25, 0.3) is 11.8 Å². The van der Waals surface area contributed by atoms with Crippen molar-refractivity contribution < 1.29 is 28.2 Å². The lowest BCUT2D eigenvalue weighted by molar-refractivity contribution is 0.0954. The summed E-state index contributed by atoms with van der Waals surface area (Å²) in [5.41, 5.74) is 1.41. The molecule has 3 rings (SSSR count). The van der Waals surface area contributed by atoms with Gasteiger partial charge >= 0.3 is 0 Å². The number of aromatic hydroxyl groups is 1. The van der Waals surface area contributed by atoms with Crippen molar-refractivity contribution in [3.63, 3.8) is 0 Å². The number of ether oxygens (including phenoxy) is 1. The molecule has 0 aromatic heterocycles. The van der Waals surface area contributed by atoms with Gasteiger partial charge in [-0.25, -0.2) is 8.78 Å². The molecule has 162 valence electrons. The number of carbonyl (C=O) groups excluding carboxylic acids is 2. The van der Waals surface area contributed by atoms with E-state index in [-0.39, 0.29) is 35.3 Å². The fraction of sp³-hybridized carbons (Fsp3) is 0.130. The molecule has 3 aromatic carbocycles. The molecular formula is C23H22F2N2O4. The molecule has 0 aliphatic heterocycles. The Kier molecular flexibility index (Phi) is 8.51. The Hall–Kier alpha value is -3.94. The summed E-state index contributed by atoms with van der Waals surface area (Å²) >= 11 is 0. The predicted molar refractivity (Wildman–Crippen MR) is 112 cm³/mol. The average molecular weight is 428 g/mol. The van der Waals surface area contributed by atoms with E-state index in [4.69, 9.17) is 9.84 Å². The minimum Gasteiger partial charge on any atom is -0.505 e. The van der Waals surface area contributed by atoms with Gasteiger partial charge < -0.3 is 20.5 Å². The van der Waals surface area contributed by atoms with E-state index in [0.717, 1.165) is 17.7 Å². The topological polar surface area (TPSA) is 87.7 Å². The largest absolute Gasteiger partial charge is 0.505 e. The van der Waals surface area contributed by atoms with E-state index in [9.17, 15) is 18.4 Å². The van der Waals surface area contributed by atoms with Gasteiger partial charge in [-0.05, 0) is 42.0 Å². The van der Waals surface area contributed by atoms with Gasteiger partial charge in [0.1, 0.15) is 6.61 Å². The van der Waals surface area contributed by atoms with Crippen LogP contribution in [0, 0.1) is 11.6 Å². The van der Waals surface area contributed by atoms with Gasteiger partial charge in [0.2, 0.25) is 0 Å². The molecule has 0 aliphatic rings. The summed E-state index contributed by atoms with van der Waals surface area (Å²) in [5, 5.41) is 13.6. The van der Waals surface area contributed by atoms with Crippen molar-refractivity contribution in [3.8, 4) is 11.5 Å². The van der Waals surface area contributed by atoms with Crippen molar-refractivity contribution in [1.82, 2.24) is 10.6 Å². The van der Waals surface area contributed by atoms with Crippen LogP contribution in [0.15, 0.2) is 66.7 Å².